The summed E-state index contributed by atoms with van der Waals surface area (Å²) in [5.74, 6) is -0.0497. The van der Waals surface area contributed by atoms with Crippen molar-refractivity contribution in [3.05, 3.63) is 71.6 Å². The van der Waals surface area contributed by atoms with E-state index in [2.05, 4.69) is 21.6 Å². The van der Waals surface area contributed by atoms with Crippen LogP contribution in [0.25, 0.3) is 20.7 Å². The van der Waals surface area contributed by atoms with Crippen molar-refractivity contribution in [2.75, 3.05) is 31.6 Å². The van der Waals surface area contributed by atoms with Gasteiger partial charge in [0.1, 0.15) is 0 Å². The molecule has 1 aliphatic rings. The molecule has 1 fully saturated rings. The van der Waals surface area contributed by atoms with Gasteiger partial charge in [-0.3, -0.25) is 4.79 Å². The van der Waals surface area contributed by atoms with Gasteiger partial charge in [-0.05, 0) is 30.5 Å². The SMILES string of the molecule is [C-]#[N+]CC(=O)N1CC(N(C)c2c([N+]#[C-])cnc3c2ccn3S(=O)(=O)c2ccccc2)[C@H](CC)C1. The minimum Gasteiger partial charge on any atom is -0.378 e. The Balaban J connectivity index is 1.79. The maximum Gasteiger partial charge on any atom is 0.302 e. The van der Waals surface area contributed by atoms with Crippen molar-refractivity contribution in [1.29, 1.82) is 0 Å². The number of pyridine rings is 1. The van der Waals surface area contributed by atoms with Crippen LogP contribution in [0.5, 0.6) is 0 Å². The molecule has 3 heterocycles. The van der Waals surface area contributed by atoms with Crippen molar-refractivity contribution in [2.24, 2.45) is 5.92 Å². The van der Waals surface area contributed by atoms with Crippen LogP contribution < -0.4 is 4.90 Å². The maximum atomic E-state index is 13.3. The highest BCUT2D eigenvalue weighted by molar-refractivity contribution is 7.90. The van der Waals surface area contributed by atoms with Crippen molar-refractivity contribution < 1.29 is 13.2 Å². The third kappa shape index (κ3) is 3.87. The van der Waals surface area contributed by atoms with Crippen molar-refractivity contribution in [3.8, 4) is 0 Å². The number of fused-ring (bicyclic) bond motifs is 1. The Morgan fingerprint density at radius 1 is 1.21 bits per heavy atom. The van der Waals surface area contributed by atoms with Gasteiger partial charge in [0.05, 0.1) is 17.2 Å². The summed E-state index contributed by atoms with van der Waals surface area (Å²) in [6.45, 7) is 17.5. The molecule has 0 N–H and O–H groups in total. The summed E-state index contributed by atoms with van der Waals surface area (Å²) in [4.78, 5) is 27.4. The number of aromatic nitrogens is 2. The molecule has 3 aromatic rings. The van der Waals surface area contributed by atoms with E-state index in [-0.39, 0.29) is 35.0 Å². The summed E-state index contributed by atoms with van der Waals surface area (Å²) in [5.41, 5.74) is 1.14. The van der Waals surface area contributed by atoms with Gasteiger partial charge < -0.3 is 14.6 Å². The Labute approximate surface area is 198 Å². The molecule has 34 heavy (non-hydrogen) atoms. The van der Waals surface area contributed by atoms with E-state index in [1.807, 2.05) is 11.9 Å². The number of likely N-dealkylation sites (N-methyl/N-ethyl adjacent to an activating group) is 1. The number of amides is 1. The molecular formula is C24H24N6O3S. The number of benzene rings is 1. The fraction of sp³-hybridized carbons (Fsp3) is 0.333. The molecule has 1 unspecified atom stereocenters. The van der Waals surface area contributed by atoms with E-state index in [0.717, 1.165) is 10.4 Å². The van der Waals surface area contributed by atoms with Crippen molar-refractivity contribution in [1.82, 2.24) is 13.9 Å². The summed E-state index contributed by atoms with van der Waals surface area (Å²) in [6, 6.07) is 9.71. The zero-order chi connectivity index (χ0) is 24.5. The Morgan fingerprint density at radius 2 is 1.94 bits per heavy atom. The van der Waals surface area contributed by atoms with Crippen molar-refractivity contribution >= 4 is 38.3 Å². The molecule has 9 nitrogen and oxygen atoms in total. The number of carbonyl (C=O) groups is 1. The predicted molar refractivity (Wildman–Crippen MR) is 129 cm³/mol. The lowest BCUT2D eigenvalue weighted by Gasteiger charge is -2.31. The Hall–Kier alpha value is -3.89. The van der Waals surface area contributed by atoms with Gasteiger partial charge in [0, 0.05) is 44.0 Å². The molecule has 0 bridgehead atoms. The fourth-order valence-corrected chi connectivity index (χ4v) is 5.94. The van der Waals surface area contributed by atoms with Crippen LogP contribution >= 0.6 is 0 Å². The quantitative estimate of drug-likeness (QED) is 0.509. The lowest BCUT2D eigenvalue weighted by atomic mass is 9.99. The fourth-order valence-electron chi connectivity index (χ4n) is 4.62. The van der Waals surface area contributed by atoms with Gasteiger partial charge in [-0.25, -0.2) is 28.8 Å². The van der Waals surface area contributed by atoms with Gasteiger partial charge >= 0.3 is 5.91 Å². The van der Waals surface area contributed by atoms with E-state index in [4.69, 9.17) is 13.1 Å². The molecule has 2 aromatic heterocycles. The van der Waals surface area contributed by atoms with Crippen LogP contribution in [0.2, 0.25) is 0 Å². The summed E-state index contributed by atoms with van der Waals surface area (Å²) < 4.78 is 27.7. The number of hydrogen-bond acceptors (Lipinski definition) is 5. The van der Waals surface area contributed by atoms with Crippen molar-refractivity contribution in [3.63, 3.8) is 0 Å². The molecule has 1 aromatic carbocycles. The van der Waals surface area contributed by atoms with E-state index in [1.165, 1.54) is 24.5 Å². The summed E-state index contributed by atoms with van der Waals surface area (Å²) >= 11 is 0. The largest absolute Gasteiger partial charge is 0.378 e. The molecule has 1 amide bonds. The van der Waals surface area contributed by atoms with Gasteiger partial charge in [0.15, 0.2) is 5.65 Å². The smallest absolute Gasteiger partial charge is 0.302 e. The monoisotopic (exact) mass is 476 g/mol. The Bertz CT molecular complexity index is 1420. The van der Waals surface area contributed by atoms with Gasteiger partial charge in [0.2, 0.25) is 5.69 Å². The average molecular weight is 477 g/mol. The second-order valence-electron chi connectivity index (χ2n) is 8.23. The number of carbonyl (C=O) groups excluding carboxylic acids is 1. The molecule has 0 spiro atoms. The van der Waals surface area contributed by atoms with Gasteiger partial charge in [-0.2, -0.15) is 0 Å². The Morgan fingerprint density at radius 3 is 2.59 bits per heavy atom. The minimum atomic E-state index is -3.87. The van der Waals surface area contributed by atoms with Gasteiger partial charge in [0.25, 0.3) is 16.6 Å². The molecule has 1 aliphatic heterocycles. The van der Waals surface area contributed by atoms with Crippen molar-refractivity contribution in [2.45, 2.75) is 24.3 Å². The van der Waals surface area contributed by atoms with Crippen LogP contribution in [0.15, 0.2) is 53.7 Å². The molecule has 1 saturated heterocycles. The maximum absolute atomic E-state index is 13.3. The summed E-state index contributed by atoms with van der Waals surface area (Å²) in [6.07, 6.45) is 3.68. The van der Waals surface area contributed by atoms with Crippen LogP contribution in [0.3, 0.4) is 0 Å². The standard InChI is InChI=1S/C24H24N6O3S/c1-5-17-15-29(22(31)14-25-2)16-21(17)28(4)23-19-11-12-30(24(19)27-13-20(23)26-3)34(32,33)18-9-7-6-8-10-18/h6-13,17,21H,5,14-16H2,1,4H3/t17-,21?/m1/s1. The molecule has 0 aliphatic carbocycles. The van der Waals surface area contributed by atoms with Crippen LogP contribution in [-0.2, 0) is 14.8 Å². The van der Waals surface area contributed by atoms with E-state index in [1.54, 1.807) is 29.2 Å². The second kappa shape index (κ2) is 9.16. The highest BCUT2D eigenvalue weighted by Gasteiger charge is 2.38. The van der Waals surface area contributed by atoms with Crippen LogP contribution in [0.4, 0.5) is 11.4 Å². The normalized spacial score (nSPS) is 17.9. The van der Waals surface area contributed by atoms with Gasteiger partial charge in [-0.15, -0.1) is 0 Å². The molecular weight excluding hydrogens is 452 g/mol. The number of hydrogen-bond donors (Lipinski definition) is 0. The highest BCUT2D eigenvalue weighted by atomic mass is 32.2. The van der Waals surface area contributed by atoms with Crippen LogP contribution in [-0.4, -0.2) is 60.9 Å². The van der Waals surface area contributed by atoms with Crippen LogP contribution in [0.1, 0.15) is 13.3 Å². The van der Waals surface area contributed by atoms with E-state index < -0.39 is 10.0 Å². The first kappa shape index (κ1) is 23.3. The van der Waals surface area contributed by atoms with E-state index >= 15 is 0 Å². The number of anilines is 1. The highest BCUT2D eigenvalue weighted by Crippen LogP contribution is 2.39. The first-order valence-electron chi connectivity index (χ1n) is 10.9. The Kier molecular flexibility index (Phi) is 6.27. The molecule has 10 heteroatoms. The minimum absolute atomic E-state index is 0.0835. The molecule has 0 radical (unpaired) electrons. The predicted octanol–water partition coefficient (Wildman–Crippen LogP) is 3.42. The molecule has 2 atom stereocenters. The average Bonchev–Trinajstić information content (AvgIpc) is 3.48. The zero-order valence-electron chi connectivity index (χ0n) is 18.9. The van der Waals surface area contributed by atoms with Gasteiger partial charge in [-0.1, -0.05) is 25.1 Å². The van der Waals surface area contributed by atoms with E-state index in [9.17, 15) is 13.2 Å². The molecule has 0 saturated carbocycles. The molecule has 4 rings (SSSR count). The lowest BCUT2D eigenvalue weighted by molar-refractivity contribution is -0.128. The number of likely N-dealkylation sites (tertiary alicyclic amines) is 1. The van der Waals surface area contributed by atoms with Crippen LogP contribution in [0, 0.1) is 19.1 Å². The van der Waals surface area contributed by atoms with E-state index in [0.29, 0.717) is 29.9 Å². The second-order valence-corrected chi connectivity index (χ2v) is 10.0. The lowest BCUT2D eigenvalue weighted by Crippen LogP contribution is -2.39. The zero-order valence-corrected chi connectivity index (χ0v) is 19.7. The first-order valence-corrected chi connectivity index (χ1v) is 12.3. The summed E-state index contributed by atoms with van der Waals surface area (Å²) in [5, 5.41) is 0.552. The number of nitrogens with zero attached hydrogens (tertiary/aromatic N) is 6. The first-order chi connectivity index (χ1) is 16.3. The third-order valence-electron chi connectivity index (χ3n) is 6.40. The third-order valence-corrected chi connectivity index (χ3v) is 8.08. The molecule has 174 valence electrons. The number of rotatable bonds is 6. The summed E-state index contributed by atoms with van der Waals surface area (Å²) in [7, 11) is -2.00. The topological polar surface area (TPSA) is 84.2 Å².